The van der Waals surface area contributed by atoms with Crippen molar-refractivity contribution in [2.24, 2.45) is 0 Å². The molecule has 0 fully saturated rings. The van der Waals surface area contributed by atoms with Crippen LogP contribution in [0.3, 0.4) is 0 Å². The van der Waals surface area contributed by atoms with E-state index < -0.39 is 76.1 Å². The Hall–Kier alpha value is -2.99. The maximum atomic E-state index is 14.6. The zero-order valence-corrected chi connectivity index (χ0v) is 17.3. The Labute approximate surface area is 183 Å². The monoisotopic (exact) mass is 478 g/mol. The fourth-order valence-electron chi connectivity index (χ4n) is 2.62. The highest BCUT2D eigenvalue weighted by Crippen LogP contribution is 2.38. The van der Waals surface area contributed by atoms with Crippen LogP contribution in [-0.2, 0) is 4.74 Å². The highest BCUT2D eigenvalue weighted by atomic mass is 32.2. The summed E-state index contributed by atoms with van der Waals surface area (Å²) in [5.74, 6) is -5.03. The predicted octanol–water partition coefficient (Wildman–Crippen LogP) is 5.57. The molecule has 0 aliphatic heterocycles. The van der Waals surface area contributed by atoms with Crippen molar-refractivity contribution in [2.75, 3.05) is 25.3 Å². The van der Waals surface area contributed by atoms with Crippen molar-refractivity contribution in [3.8, 4) is 0 Å². The fraction of sp³-hybridized carbons (Fsp3) is 0.200. The number of nitrogens with zero attached hydrogens (tertiary/aromatic N) is 2. The van der Waals surface area contributed by atoms with E-state index in [2.05, 4.69) is 6.58 Å². The van der Waals surface area contributed by atoms with Gasteiger partial charge in [-0.1, -0.05) is 12.1 Å². The molecule has 0 aromatic heterocycles. The van der Waals surface area contributed by atoms with Crippen LogP contribution >= 0.6 is 11.8 Å². The minimum atomic E-state index is -4.66. The van der Waals surface area contributed by atoms with Crippen LogP contribution in [0.2, 0.25) is 0 Å². The van der Waals surface area contributed by atoms with E-state index in [0.717, 1.165) is 43.5 Å². The average Bonchev–Trinajstić information content (AvgIpc) is 2.69. The zero-order valence-electron chi connectivity index (χ0n) is 16.5. The van der Waals surface area contributed by atoms with Crippen LogP contribution in [0.25, 0.3) is 0 Å². The smallest absolute Gasteiger partial charge is 0.364 e. The minimum Gasteiger partial charge on any atom is -0.364 e. The van der Waals surface area contributed by atoms with Crippen molar-refractivity contribution in [3.05, 3.63) is 72.1 Å². The Morgan fingerprint density at radius 3 is 2.22 bits per heavy atom. The first-order valence-electron chi connectivity index (χ1n) is 8.72. The van der Waals surface area contributed by atoms with Gasteiger partial charge in [-0.3, -0.25) is 14.6 Å². The lowest BCUT2D eigenvalue weighted by atomic mass is 10.1. The molecular formula is C20H16F6N2O3S. The number of ether oxygens (including phenoxy) is 1. The number of anilines is 1. The molecule has 172 valence electrons. The van der Waals surface area contributed by atoms with E-state index in [1.807, 2.05) is 0 Å². The molecule has 0 aliphatic rings. The molecule has 0 heterocycles. The molecule has 0 atom stereocenters. The Bertz CT molecular complexity index is 995. The van der Waals surface area contributed by atoms with Crippen LogP contribution in [0.5, 0.6) is 0 Å². The second-order valence-electron chi connectivity index (χ2n) is 6.09. The number of urea groups is 1. The number of halogens is 6. The molecule has 2 aromatic carbocycles. The molecule has 0 saturated heterocycles. The quantitative estimate of drug-likeness (QED) is 0.226. The molecule has 5 nitrogen and oxygen atoms in total. The molecule has 0 bridgehead atoms. The van der Waals surface area contributed by atoms with Crippen molar-refractivity contribution in [2.45, 2.75) is 10.4 Å². The predicted molar refractivity (Wildman–Crippen MR) is 106 cm³/mol. The summed E-state index contributed by atoms with van der Waals surface area (Å²) >= 11 is -0.559. The number of carbonyl (C=O) groups is 2. The van der Waals surface area contributed by atoms with E-state index in [1.54, 1.807) is 0 Å². The van der Waals surface area contributed by atoms with Crippen molar-refractivity contribution >= 4 is 29.4 Å². The molecule has 3 amide bonds. The number of imide groups is 1. The SMILES string of the molecule is C=CCN(C(=O)c1c(F)cccc1F)C(=O)N(COC)c1ccc(SC(F)(F)F)cc1F. The van der Waals surface area contributed by atoms with Crippen LogP contribution in [0.15, 0.2) is 53.9 Å². The first-order valence-corrected chi connectivity index (χ1v) is 9.54. The molecular weight excluding hydrogens is 462 g/mol. The zero-order chi connectivity index (χ0) is 24.1. The highest BCUT2D eigenvalue weighted by Gasteiger charge is 2.33. The number of benzene rings is 2. The Kier molecular flexibility index (Phi) is 8.33. The van der Waals surface area contributed by atoms with Gasteiger partial charge in [-0.2, -0.15) is 13.2 Å². The number of alkyl halides is 3. The molecule has 0 saturated carbocycles. The first-order chi connectivity index (χ1) is 15.0. The first kappa shape index (κ1) is 25.3. The third kappa shape index (κ3) is 6.04. The van der Waals surface area contributed by atoms with Gasteiger partial charge in [-0.15, -0.1) is 6.58 Å². The number of hydrogen-bond acceptors (Lipinski definition) is 4. The van der Waals surface area contributed by atoms with E-state index in [9.17, 15) is 35.9 Å². The normalized spacial score (nSPS) is 11.2. The summed E-state index contributed by atoms with van der Waals surface area (Å²) in [5.41, 5.74) is -6.19. The van der Waals surface area contributed by atoms with E-state index in [1.165, 1.54) is 0 Å². The lowest BCUT2D eigenvalue weighted by Crippen LogP contribution is -2.48. The van der Waals surface area contributed by atoms with Gasteiger partial charge >= 0.3 is 11.5 Å². The molecule has 0 radical (unpaired) electrons. The largest absolute Gasteiger partial charge is 0.446 e. The van der Waals surface area contributed by atoms with Gasteiger partial charge in [0.2, 0.25) is 0 Å². The minimum absolute atomic E-state index is 0.394. The summed E-state index contributed by atoms with van der Waals surface area (Å²) < 4.78 is 85.1. The van der Waals surface area contributed by atoms with Crippen LogP contribution in [0, 0.1) is 17.5 Å². The van der Waals surface area contributed by atoms with Crippen LogP contribution < -0.4 is 4.90 Å². The third-order valence-corrected chi connectivity index (χ3v) is 4.62. The molecule has 0 unspecified atom stereocenters. The van der Waals surface area contributed by atoms with Gasteiger partial charge in [0.15, 0.2) is 0 Å². The van der Waals surface area contributed by atoms with Gasteiger partial charge in [0.05, 0.1) is 5.69 Å². The van der Waals surface area contributed by atoms with Gasteiger partial charge in [-0.05, 0) is 42.1 Å². The molecule has 2 rings (SSSR count). The Morgan fingerprint density at radius 1 is 1.09 bits per heavy atom. The number of carbonyl (C=O) groups excluding carboxylic acids is 2. The number of methoxy groups -OCH3 is 1. The number of thioether (sulfide) groups is 1. The average molecular weight is 478 g/mol. The van der Waals surface area contributed by atoms with Crippen LogP contribution in [0.1, 0.15) is 10.4 Å². The standard InChI is InChI=1S/C20H16F6N2O3S/c1-3-9-27(18(29)17-13(21)5-4-6-14(17)22)19(30)28(11-31-2)16-8-7-12(10-15(16)23)32-20(24,25)26/h3-8,10H,1,9,11H2,2H3. The highest BCUT2D eigenvalue weighted by molar-refractivity contribution is 8.00. The van der Waals surface area contributed by atoms with Gasteiger partial charge in [0, 0.05) is 18.6 Å². The summed E-state index contributed by atoms with van der Waals surface area (Å²) in [6, 6.07) is 3.78. The summed E-state index contributed by atoms with van der Waals surface area (Å²) in [7, 11) is 1.14. The lowest BCUT2D eigenvalue weighted by Gasteiger charge is -2.29. The second kappa shape index (κ2) is 10.6. The van der Waals surface area contributed by atoms with Gasteiger partial charge in [0.25, 0.3) is 5.91 Å². The summed E-state index contributed by atoms with van der Waals surface area (Å²) in [6.45, 7) is 2.25. The van der Waals surface area contributed by atoms with Crippen LogP contribution in [0.4, 0.5) is 36.8 Å². The number of hydrogen-bond donors (Lipinski definition) is 0. The summed E-state index contributed by atoms with van der Waals surface area (Å²) in [4.78, 5) is 26.3. The summed E-state index contributed by atoms with van der Waals surface area (Å²) in [6.07, 6.45) is 1.10. The third-order valence-electron chi connectivity index (χ3n) is 3.90. The lowest BCUT2D eigenvalue weighted by molar-refractivity contribution is -0.0328. The van der Waals surface area contributed by atoms with Crippen molar-refractivity contribution in [3.63, 3.8) is 0 Å². The maximum absolute atomic E-state index is 14.6. The molecule has 32 heavy (non-hydrogen) atoms. The summed E-state index contributed by atoms with van der Waals surface area (Å²) in [5, 5.41) is 0. The Morgan fingerprint density at radius 2 is 1.72 bits per heavy atom. The number of rotatable bonds is 7. The molecule has 0 aliphatic carbocycles. The molecule has 2 aromatic rings. The van der Waals surface area contributed by atoms with Gasteiger partial charge in [0.1, 0.15) is 29.7 Å². The van der Waals surface area contributed by atoms with Crippen molar-refractivity contribution < 1.29 is 40.7 Å². The van der Waals surface area contributed by atoms with Crippen molar-refractivity contribution in [1.82, 2.24) is 4.90 Å². The Balaban J connectivity index is 2.45. The van der Waals surface area contributed by atoms with Crippen LogP contribution in [-0.4, -0.2) is 42.7 Å². The number of amides is 3. The fourth-order valence-corrected chi connectivity index (χ4v) is 3.19. The second-order valence-corrected chi connectivity index (χ2v) is 7.23. The molecule has 0 N–H and O–H groups in total. The molecule has 0 spiro atoms. The van der Waals surface area contributed by atoms with E-state index in [-0.39, 0.29) is 0 Å². The van der Waals surface area contributed by atoms with E-state index in [4.69, 9.17) is 4.74 Å². The maximum Gasteiger partial charge on any atom is 0.446 e. The molecule has 12 heteroatoms. The van der Waals surface area contributed by atoms with Crippen molar-refractivity contribution in [1.29, 1.82) is 0 Å². The van der Waals surface area contributed by atoms with E-state index in [0.29, 0.717) is 15.9 Å². The van der Waals surface area contributed by atoms with Gasteiger partial charge < -0.3 is 4.74 Å². The van der Waals surface area contributed by atoms with E-state index >= 15 is 0 Å². The topological polar surface area (TPSA) is 49.9 Å². The van der Waals surface area contributed by atoms with Gasteiger partial charge in [-0.25, -0.2) is 18.0 Å².